The molecule has 2 rings (SSSR count). The molecule has 2 N–H and O–H groups in total. The van der Waals surface area contributed by atoms with Crippen LogP contribution in [-0.4, -0.2) is 24.2 Å². The number of aromatic nitrogens is 1. The molecule has 0 aliphatic rings. The van der Waals surface area contributed by atoms with Crippen molar-refractivity contribution in [2.24, 2.45) is 4.99 Å². The Kier molecular flexibility index (Phi) is 6.41. The summed E-state index contributed by atoms with van der Waals surface area (Å²) in [5.41, 5.74) is 5.96. The molecule has 130 valence electrons. The number of aliphatic imine (C=N–C) groups is 1. The molecule has 1 heterocycles. The van der Waals surface area contributed by atoms with Gasteiger partial charge in [-0.15, -0.1) is 0 Å². The van der Waals surface area contributed by atoms with Gasteiger partial charge in [-0.2, -0.15) is 0 Å². The normalized spacial score (nSPS) is 11.6. The van der Waals surface area contributed by atoms with Crippen LogP contribution in [0.3, 0.4) is 0 Å². The van der Waals surface area contributed by atoms with Crippen LogP contribution in [0.25, 0.3) is 0 Å². The van der Waals surface area contributed by atoms with Crippen molar-refractivity contribution in [2.45, 2.75) is 47.6 Å². The SMILES string of the molecule is CCNC(=NCc1ccc(C)cc1C)NCCc1c(C)noc1C. The van der Waals surface area contributed by atoms with Crippen LogP contribution in [0.5, 0.6) is 0 Å². The van der Waals surface area contributed by atoms with Gasteiger partial charge in [0.2, 0.25) is 0 Å². The maximum Gasteiger partial charge on any atom is 0.191 e. The molecule has 0 spiro atoms. The standard InChI is InChI=1S/C19H28N4O/c1-6-20-19(21-10-9-18-15(4)23-24-16(18)5)22-12-17-8-7-13(2)11-14(17)3/h7-8,11H,6,9-10,12H2,1-5H3,(H2,20,21,22). The first-order chi connectivity index (χ1) is 11.5. The summed E-state index contributed by atoms with van der Waals surface area (Å²) in [7, 11) is 0. The van der Waals surface area contributed by atoms with Crippen LogP contribution < -0.4 is 10.6 Å². The third-order valence-corrected chi connectivity index (χ3v) is 4.10. The van der Waals surface area contributed by atoms with E-state index in [1.165, 1.54) is 22.3 Å². The molecule has 1 aromatic carbocycles. The maximum absolute atomic E-state index is 5.20. The number of guanidine groups is 1. The van der Waals surface area contributed by atoms with Gasteiger partial charge in [-0.05, 0) is 52.2 Å². The van der Waals surface area contributed by atoms with Crippen molar-refractivity contribution >= 4 is 5.96 Å². The van der Waals surface area contributed by atoms with E-state index in [1.54, 1.807) is 0 Å². The number of hydrogen-bond acceptors (Lipinski definition) is 3. The van der Waals surface area contributed by atoms with Crippen LogP contribution in [0.4, 0.5) is 0 Å². The fourth-order valence-electron chi connectivity index (χ4n) is 2.69. The van der Waals surface area contributed by atoms with Crippen molar-refractivity contribution < 1.29 is 4.52 Å². The van der Waals surface area contributed by atoms with Gasteiger partial charge in [0.15, 0.2) is 5.96 Å². The Hall–Kier alpha value is -2.30. The van der Waals surface area contributed by atoms with E-state index < -0.39 is 0 Å². The Bertz CT molecular complexity index is 684. The first-order valence-corrected chi connectivity index (χ1v) is 8.51. The van der Waals surface area contributed by atoms with Gasteiger partial charge in [0, 0.05) is 18.7 Å². The van der Waals surface area contributed by atoms with Crippen LogP contribution in [0, 0.1) is 27.7 Å². The Morgan fingerprint density at radius 3 is 2.58 bits per heavy atom. The summed E-state index contributed by atoms with van der Waals surface area (Å²) in [6, 6.07) is 6.49. The fraction of sp³-hybridized carbons (Fsp3) is 0.474. The average Bonchev–Trinajstić information content (AvgIpc) is 2.85. The summed E-state index contributed by atoms with van der Waals surface area (Å²) in [6.45, 7) is 12.6. The molecule has 0 unspecified atom stereocenters. The van der Waals surface area contributed by atoms with Crippen LogP contribution in [0.2, 0.25) is 0 Å². The molecule has 0 fully saturated rings. The minimum Gasteiger partial charge on any atom is -0.361 e. The minimum atomic E-state index is 0.673. The summed E-state index contributed by atoms with van der Waals surface area (Å²) in [5, 5.41) is 10.7. The molecule has 1 aromatic heterocycles. The van der Waals surface area contributed by atoms with Gasteiger partial charge < -0.3 is 15.2 Å². The smallest absolute Gasteiger partial charge is 0.191 e. The minimum absolute atomic E-state index is 0.673. The Balaban J connectivity index is 1.95. The highest BCUT2D eigenvalue weighted by Gasteiger charge is 2.08. The third-order valence-electron chi connectivity index (χ3n) is 4.10. The third kappa shape index (κ3) is 4.85. The molecule has 5 nitrogen and oxygen atoms in total. The highest BCUT2D eigenvalue weighted by atomic mass is 16.5. The zero-order chi connectivity index (χ0) is 17.5. The summed E-state index contributed by atoms with van der Waals surface area (Å²) < 4.78 is 5.20. The summed E-state index contributed by atoms with van der Waals surface area (Å²) in [5.74, 6) is 1.73. The predicted molar refractivity (Wildman–Crippen MR) is 98.4 cm³/mol. The van der Waals surface area contributed by atoms with Crippen molar-refractivity contribution in [2.75, 3.05) is 13.1 Å². The van der Waals surface area contributed by atoms with Crippen molar-refractivity contribution in [3.05, 3.63) is 51.9 Å². The molecule has 0 saturated carbocycles. The molecule has 0 atom stereocenters. The molecule has 0 aliphatic heterocycles. The Labute approximate surface area is 144 Å². The summed E-state index contributed by atoms with van der Waals surface area (Å²) in [4.78, 5) is 4.69. The van der Waals surface area contributed by atoms with E-state index in [9.17, 15) is 0 Å². The molecule has 24 heavy (non-hydrogen) atoms. The molecule has 2 aromatic rings. The predicted octanol–water partition coefficient (Wildman–Crippen LogP) is 3.21. The number of nitrogens with zero attached hydrogens (tertiary/aromatic N) is 2. The average molecular weight is 328 g/mol. The molecular formula is C19H28N4O. The molecule has 5 heteroatoms. The number of hydrogen-bond donors (Lipinski definition) is 2. The Morgan fingerprint density at radius 2 is 1.96 bits per heavy atom. The second kappa shape index (κ2) is 8.52. The van der Waals surface area contributed by atoms with Gasteiger partial charge in [-0.25, -0.2) is 4.99 Å². The van der Waals surface area contributed by atoms with Crippen molar-refractivity contribution in [3.8, 4) is 0 Å². The van der Waals surface area contributed by atoms with Crippen LogP contribution in [-0.2, 0) is 13.0 Å². The highest BCUT2D eigenvalue weighted by Crippen LogP contribution is 2.13. The molecular weight excluding hydrogens is 300 g/mol. The number of aryl methyl sites for hydroxylation is 4. The fourth-order valence-corrected chi connectivity index (χ4v) is 2.69. The van der Waals surface area contributed by atoms with E-state index in [2.05, 4.69) is 54.8 Å². The molecule has 0 saturated heterocycles. The van der Waals surface area contributed by atoms with Gasteiger partial charge in [0.1, 0.15) is 5.76 Å². The molecule has 0 aliphatic carbocycles. The Morgan fingerprint density at radius 1 is 1.17 bits per heavy atom. The molecule has 0 radical (unpaired) electrons. The van der Waals surface area contributed by atoms with Crippen molar-refractivity contribution in [1.82, 2.24) is 15.8 Å². The monoisotopic (exact) mass is 328 g/mol. The number of rotatable bonds is 6. The van der Waals surface area contributed by atoms with Gasteiger partial charge in [0.25, 0.3) is 0 Å². The van der Waals surface area contributed by atoms with Crippen molar-refractivity contribution in [1.29, 1.82) is 0 Å². The van der Waals surface area contributed by atoms with E-state index in [-0.39, 0.29) is 0 Å². The second-order valence-electron chi connectivity index (χ2n) is 6.10. The van der Waals surface area contributed by atoms with Crippen LogP contribution in [0.15, 0.2) is 27.7 Å². The van der Waals surface area contributed by atoms with E-state index in [4.69, 9.17) is 9.52 Å². The van der Waals surface area contributed by atoms with Crippen LogP contribution >= 0.6 is 0 Å². The van der Waals surface area contributed by atoms with E-state index in [1.807, 2.05) is 13.8 Å². The largest absolute Gasteiger partial charge is 0.361 e. The van der Waals surface area contributed by atoms with Crippen LogP contribution in [0.1, 0.15) is 40.6 Å². The van der Waals surface area contributed by atoms with E-state index in [0.717, 1.165) is 36.9 Å². The van der Waals surface area contributed by atoms with Gasteiger partial charge in [-0.1, -0.05) is 28.9 Å². The van der Waals surface area contributed by atoms with Gasteiger partial charge >= 0.3 is 0 Å². The first-order valence-electron chi connectivity index (χ1n) is 8.51. The second-order valence-corrected chi connectivity index (χ2v) is 6.10. The lowest BCUT2D eigenvalue weighted by atomic mass is 10.1. The lowest BCUT2D eigenvalue weighted by Crippen LogP contribution is -2.38. The summed E-state index contributed by atoms with van der Waals surface area (Å²) in [6.07, 6.45) is 0.870. The maximum atomic E-state index is 5.20. The first kappa shape index (κ1) is 18.0. The topological polar surface area (TPSA) is 62.5 Å². The molecule has 0 bridgehead atoms. The van der Waals surface area contributed by atoms with E-state index in [0.29, 0.717) is 6.54 Å². The zero-order valence-corrected chi connectivity index (χ0v) is 15.4. The van der Waals surface area contributed by atoms with Gasteiger partial charge in [0.05, 0.1) is 12.2 Å². The van der Waals surface area contributed by atoms with Crippen molar-refractivity contribution in [3.63, 3.8) is 0 Å². The number of benzene rings is 1. The van der Waals surface area contributed by atoms with Gasteiger partial charge in [-0.3, -0.25) is 0 Å². The lowest BCUT2D eigenvalue weighted by molar-refractivity contribution is 0.392. The zero-order valence-electron chi connectivity index (χ0n) is 15.4. The number of nitrogens with one attached hydrogen (secondary N) is 2. The van der Waals surface area contributed by atoms with E-state index >= 15 is 0 Å². The molecule has 0 amide bonds. The quantitative estimate of drug-likeness (QED) is 0.631. The highest BCUT2D eigenvalue weighted by molar-refractivity contribution is 5.79. The lowest BCUT2D eigenvalue weighted by Gasteiger charge is -2.12. The summed E-state index contributed by atoms with van der Waals surface area (Å²) >= 11 is 0.